The third kappa shape index (κ3) is 4.76. The number of thiophene rings is 1. The zero-order valence-electron chi connectivity index (χ0n) is 22.9. The molecule has 4 aliphatic carbocycles. The third-order valence-electron chi connectivity index (χ3n) is 11.4. The largest absolute Gasteiger partial charge is 0.393 e. The molecule has 6 heteroatoms. The molecule has 5 rings (SSSR count). The first-order chi connectivity index (χ1) is 17.4. The minimum absolute atomic E-state index is 0.0747. The van der Waals surface area contributed by atoms with Crippen LogP contribution in [0.5, 0.6) is 0 Å². The van der Waals surface area contributed by atoms with Crippen LogP contribution in [0.4, 0.5) is 0 Å². The lowest BCUT2D eigenvalue weighted by molar-refractivity contribution is -0.169. The highest BCUT2D eigenvalue weighted by Gasteiger charge is 2.62. The van der Waals surface area contributed by atoms with Crippen molar-refractivity contribution in [3.8, 4) is 0 Å². The second-order valence-electron chi connectivity index (χ2n) is 13.4. The molecule has 37 heavy (non-hydrogen) atoms. The van der Waals surface area contributed by atoms with Crippen LogP contribution in [-0.4, -0.2) is 22.9 Å². The highest BCUT2D eigenvalue weighted by Crippen LogP contribution is 2.68. The van der Waals surface area contributed by atoms with Crippen molar-refractivity contribution in [3.63, 3.8) is 0 Å². The minimum Gasteiger partial charge on any atom is -0.393 e. The Bertz CT molecular complexity index is 1070. The molecule has 0 aromatic carbocycles. The van der Waals surface area contributed by atoms with E-state index in [4.69, 9.17) is 11.6 Å². The molecule has 4 saturated carbocycles. The summed E-state index contributed by atoms with van der Waals surface area (Å²) in [6.45, 7) is 13.2. The number of hydrogen-bond donors (Lipinski definition) is 2. The number of amides is 1. The van der Waals surface area contributed by atoms with Crippen molar-refractivity contribution >= 4 is 34.6 Å². The molecule has 0 bridgehead atoms. The molecular weight excluding hydrogens is 502 g/mol. The number of ketones is 1. The van der Waals surface area contributed by atoms with Gasteiger partial charge >= 0.3 is 0 Å². The zero-order valence-corrected chi connectivity index (χ0v) is 24.5. The van der Waals surface area contributed by atoms with Gasteiger partial charge < -0.3 is 10.4 Å². The van der Waals surface area contributed by atoms with E-state index in [1.54, 1.807) is 0 Å². The van der Waals surface area contributed by atoms with Gasteiger partial charge in [-0.25, -0.2) is 0 Å². The van der Waals surface area contributed by atoms with Gasteiger partial charge in [-0.15, -0.1) is 11.3 Å². The Balaban J connectivity index is 1.28. The van der Waals surface area contributed by atoms with E-state index in [9.17, 15) is 14.7 Å². The van der Waals surface area contributed by atoms with Crippen LogP contribution in [0.3, 0.4) is 0 Å². The topological polar surface area (TPSA) is 66.4 Å². The van der Waals surface area contributed by atoms with Crippen LogP contribution in [0.1, 0.15) is 96.4 Å². The standard InChI is InChI=1S/C31H44ClNO3S/c1-17(2)29(25-8-9-26(32)37-25)33-27(36)14-18(3)21-6-7-22-28-23(11-13-31(21,22)5)30(4)12-10-20(34)15-19(30)16-24(28)35/h8-9,18-19,21-24,28-29,35H,1,6-7,10-16H2,2-5H3,(H,33,36)/t18-,19+,21-,22+,23+,24-,28+,29-,30+,31-/m1/s1. The molecule has 4 aliphatic rings. The van der Waals surface area contributed by atoms with E-state index in [0.29, 0.717) is 59.0 Å². The summed E-state index contributed by atoms with van der Waals surface area (Å²) in [7, 11) is 0. The molecule has 4 nitrogen and oxygen atoms in total. The molecule has 1 aromatic rings. The summed E-state index contributed by atoms with van der Waals surface area (Å²) in [5.74, 6) is 2.91. The lowest BCUT2D eigenvalue weighted by atomic mass is 9.44. The van der Waals surface area contributed by atoms with Gasteiger partial charge in [-0.1, -0.05) is 44.5 Å². The van der Waals surface area contributed by atoms with Gasteiger partial charge in [0.2, 0.25) is 5.91 Å². The summed E-state index contributed by atoms with van der Waals surface area (Å²) in [5, 5.41) is 14.7. The normalized spacial score (nSPS) is 40.8. The lowest BCUT2D eigenvalue weighted by Crippen LogP contribution is -2.58. The highest BCUT2D eigenvalue weighted by atomic mass is 35.5. The zero-order chi connectivity index (χ0) is 26.7. The predicted octanol–water partition coefficient (Wildman–Crippen LogP) is 7.36. The van der Waals surface area contributed by atoms with Crippen LogP contribution < -0.4 is 5.32 Å². The van der Waals surface area contributed by atoms with E-state index in [2.05, 4.69) is 32.7 Å². The van der Waals surface area contributed by atoms with Crippen molar-refractivity contribution < 1.29 is 14.7 Å². The Hall–Kier alpha value is -1.17. The molecule has 0 radical (unpaired) electrons. The van der Waals surface area contributed by atoms with Crippen LogP contribution in [0.2, 0.25) is 4.34 Å². The number of fused-ring (bicyclic) bond motifs is 5. The maximum absolute atomic E-state index is 13.2. The van der Waals surface area contributed by atoms with Crippen LogP contribution in [0, 0.1) is 46.3 Å². The maximum atomic E-state index is 13.2. The number of rotatable bonds is 6. The number of hydrogen-bond acceptors (Lipinski definition) is 4. The van der Waals surface area contributed by atoms with Crippen molar-refractivity contribution in [2.75, 3.05) is 0 Å². The lowest BCUT2D eigenvalue weighted by Gasteiger charge is -2.61. The van der Waals surface area contributed by atoms with E-state index in [-0.39, 0.29) is 34.8 Å². The second kappa shape index (κ2) is 10.1. The summed E-state index contributed by atoms with van der Waals surface area (Å²) >= 11 is 7.64. The third-order valence-corrected chi connectivity index (χ3v) is 12.7. The monoisotopic (exact) mass is 545 g/mol. The molecule has 1 amide bonds. The van der Waals surface area contributed by atoms with Crippen molar-refractivity contribution in [1.82, 2.24) is 5.32 Å². The molecule has 0 aliphatic heterocycles. The van der Waals surface area contributed by atoms with E-state index in [1.165, 1.54) is 17.8 Å². The van der Waals surface area contributed by atoms with Gasteiger partial charge in [0.05, 0.1) is 16.5 Å². The average molecular weight is 546 g/mol. The molecule has 1 aromatic heterocycles. The van der Waals surface area contributed by atoms with Gasteiger partial charge in [0.15, 0.2) is 0 Å². The molecule has 0 saturated heterocycles. The second-order valence-corrected chi connectivity index (χ2v) is 15.2. The Kier molecular flexibility index (Phi) is 7.48. The van der Waals surface area contributed by atoms with Crippen LogP contribution >= 0.6 is 22.9 Å². The van der Waals surface area contributed by atoms with Crippen LogP contribution in [0.15, 0.2) is 24.3 Å². The van der Waals surface area contributed by atoms with E-state index >= 15 is 0 Å². The summed E-state index contributed by atoms with van der Waals surface area (Å²) in [6, 6.07) is 3.64. The Labute approximate surface area is 231 Å². The van der Waals surface area contributed by atoms with Gasteiger partial charge in [-0.3, -0.25) is 9.59 Å². The summed E-state index contributed by atoms with van der Waals surface area (Å²) < 4.78 is 0.717. The van der Waals surface area contributed by atoms with Gasteiger partial charge in [0.1, 0.15) is 5.78 Å². The Morgan fingerprint density at radius 2 is 1.95 bits per heavy atom. The average Bonchev–Trinajstić information content (AvgIpc) is 3.41. The Morgan fingerprint density at radius 3 is 2.62 bits per heavy atom. The van der Waals surface area contributed by atoms with E-state index in [0.717, 1.165) is 42.6 Å². The first kappa shape index (κ1) is 27.4. The summed E-state index contributed by atoms with van der Waals surface area (Å²) in [4.78, 5) is 26.5. The molecule has 204 valence electrons. The Morgan fingerprint density at radius 1 is 1.22 bits per heavy atom. The molecule has 0 unspecified atom stereocenters. The first-order valence-corrected chi connectivity index (χ1v) is 15.5. The van der Waals surface area contributed by atoms with Crippen LogP contribution in [-0.2, 0) is 9.59 Å². The maximum Gasteiger partial charge on any atom is 0.221 e. The fourth-order valence-corrected chi connectivity index (χ4v) is 10.8. The SMILES string of the molecule is C=C(C)[C@@H](NC(=O)C[C@@H](C)[C@H]1CC[C@H]2[C@@H]3[C@H](O)C[C@@H]4CC(=O)CC[C@]4(C)[C@H]3CC[C@]12C)c1ccc(Cl)s1. The van der Waals surface area contributed by atoms with Gasteiger partial charge in [0, 0.05) is 24.1 Å². The number of nitrogens with one attached hydrogen (secondary N) is 1. The van der Waals surface area contributed by atoms with E-state index < -0.39 is 0 Å². The number of carbonyl (C=O) groups excluding carboxylic acids is 2. The molecule has 4 fully saturated rings. The summed E-state index contributed by atoms with van der Waals surface area (Å²) in [6.07, 6.45) is 7.95. The van der Waals surface area contributed by atoms with Crippen molar-refractivity contribution in [3.05, 3.63) is 33.5 Å². The fraction of sp³-hybridized carbons (Fsp3) is 0.742. The first-order valence-electron chi connectivity index (χ1n) is 14.3. The van der Waals surface area contributed by atoms with Gasteiger partial charge in [-0.2, -0.15) is 0 Å². The highest BCUT2D eigenvalue weighted by molar-refractivity contribution is 7.16. The summed E-state index contributed by atoms with van der Waals surface area (Å²) in [5.41, 5.74) is 1.25. The molecule has 0 spiro atoms. The number of carbonyl (C=O) groups is 2. The molecular formula is C31H44ClNO3S. The number of halogens is 1. The fourth-order valence-electron chi connectivity index (χ4n) is 9.56. The molecule has 2 N–H and O–H groups in total. The number of Topliss-reactive ketones (excluding diaryl/α,β-unsaturated/α-hetero) is 1. The molecule has 10 atom stereocenters. The minimum atomic E-state index is -0.301. The number of aliphatic hydroxyl groups is 1. The van der Waals surface area contributed by atoms with Gasteiger partial charge in [0.25, 0.3) is 0 Å². The van der Waals surface area contributed by atoms with Crippen molar-refractivity contribution in [2.24, 2.45) is 46.3 Å². The predicted molar refractivity (Wildman–Crippen MR) is 150 cm³/mol. The van der Waals surface area contributed by atoms with Crippen molar-refractivity contribution in [2.45, 2.75) is 97.6 Å². The molecule has 1 heterocycles. The van der Waals surface area contributed by atoms with Crippen LogP contribution in [0.25, 0.3) is 0 Å². The smallest absolute Gasteiger partial charge is 0.221 e. The van der Waals surface area contributed by atoms with Crippen molar-refractivity contribution in [1.29, 1.82) is 0 Å². The quantitative estimate of drug-likeness (QED) is 0.367. The van der Waals surface area contributed by atoms with Gasteiger partial charge in [-0.05, 0) is 104 Å². The van der Waals surface area contributed by atoms with E-state index in [1.807, 2.05) is 19.1 Å². The number of aliphatic hydroxyl groups excluding tert-OH is 1.